The average molecular weight is 221 g/mol. The largest absolute Gasteiger partial charge is 0.461 e. The molecule has 1 N–H and O–H groups in total. The van der Waals surface area contributed by atoms with Gasteiger partial charge in [-0.1, -0.05) is 0 Å². The predicted molar refractivity (Wildman–Crippen MR) is 56.5 cm³/mol. The van der Waals surface area contributed by atoms with Crippen molar-refractivity contribution in [1.82, 2.24) is 14.6 Å². The number of esters is 1. The second kappa shape index (κ2) is 3.80. The molecule has 0 spiro atoms. The Kier molecular flexibility index (Phi) is 2.47. The normalized spacial score (nSPS) is 10.6. The molecule has 0 fully saturated rings. The van der Waals surface area contributed by atoms with Crippen molar-refractivity contribution < 1.29 is 9.53 Å². The van der Waals surface area contributed by atoms with E-state index in [4.69, 9.17) is 4.74 Å². The van der Waals surface area contributed by atoms with Gasteiger partial charge in [-0.15, -0.1) is 0 Å². The van der Waals surface area contributed by atoms with Gasteiger partial charge < -0.3 is 4.74 Å². The summed E-state index contributed by atoms with van der Waals surface area (Å²) in [5, 5.41) is 2.81. The van der Waals surface area contributed by atoms with Crippen LogP contribution in [-0.4, -0.2) is 27.2 Å². The number of hydrogen-bond acceptors (Lipinski definition) is 4. The van der Waals surface area contributed by atoms with Gasteiger partial charge in [-0.25, -0.2) is 14.3 Å². The Bertz CT molecular complexity index is 597. The van der Waals surface area contributed by atoms with Crippen LogP contribution in [0.3, 0.4) is 0 Å². The van der Waals surface area contributed by atoms with Gasteiger partial charge in [0.25, 0.3) is 5.56 Å². The zero-order chi connectivity index (χ0) is 11.7. The van der Waals surface area contributed by atoms with Gasteiger partial charge in [-0.05, 0) is 13.8 Å². The number of H-pyrrole nitrogens is 1. The van der Waals surface area contributed by atoms with Gasteiger partial charge in [0.05, 0.1) is 6.61 Å². The van der Waals surface area contributed by atoms with Gasteiger partial charge in [0.1, 0.15) is 0 Å². The van der Waals surface area contributed by atoms with E-state index in [9.17, 15) is 9.59 Å². The van der Waals surface area contributed by atoms with E-state index in [1.165, 1.54) is 4.52 Å². The summed E-state index contributed by atoms with van der Waals surface area (Å²) in [6.45, 7) is 3.76. The molecular weight excluding hydrogens is 210 g/mol. The first-order valence-electron chi connectivity index (χ1n) is 4.88. The van der Waals surface area contributed by atoms with E-state index in [1.54, 1.807) is 19.9 Å². The van der Waals surface area contributed by atoms with Crippen LogP contribution in [0.1, 0.15) is 23.1 Å². The first-order chi connectivity index (χ1) is 7.61. The molecule has 0 aliphatic rings. The number of hydrogen-bond donors (Lipinski definition) is 1. The highest BCUT2D eigenvalue weighted by molar-refractivity contribution is 5.87. The van der Waals surface area contributed by atoms with Crippen LogP contribution in [0.5, 0.6) is 0 Å². The molecule has 0 unspecified atom stereocenters. The zero-order valence-electron chi connectivity index (χ0n) is 8.98. The van der Waals surface area contributed by atoms with E-state index in [-0.39, 0.29) is 17.9 Å². The molecule has 2 aromatic rings. The molecule has 0 saturated heterocycles. The number of ether oxygens (including phenoxy) is 1. The molecule has 0 amide bonds. The summed E-state index contributed by atoms with van der Waals surface area (Å²) in [5.41, 5.74) is 0.908. The second-order valence-corrected chi connectivity index (χ2v) is 3.33. The number of aryl methyl sites for hydroxylation is 1. The number of rotatable bonds is 2. The van der Waals surface area contributed by atoms with Crippen molar-refractivity contribution in [2.75, 3.05) is 6.61 Å². The summed E-state index contributed by atoms with van der Waals surface area (Å²) in [6.07, 6.45) is 0. The summed E-state index contributed by atoms with van der Waals surface area (Å²) in [5.74, 6) is -0.582. The van der Waals surface area contributed by atoms with Crippen LogP contribution < -0.4 is 5.56 Å². The Morgan fingerprint density at radius 2 is 2.31 bits per heavy atom. The van der Waals surface area contributed by atoms with Crippen molar-refractivity contribution in [2.45, 2.75) is 13.8 Å². The molecule has 0 atom stereocenters. The van der Waals surface area contributed by atoms with Gasteiger partial charge >= 0.3 is 5.97 Å². The molecule has 2 aromatic heterocycles. The summed E-state index contributed by atoms with van der Waals surface area (Å²) < 4.78 is 6.05. The monoisotopic (exact) mass is 221 g/mol. The number of fused-ring (bicyclic) bond motifs is 1. The number of nitrogens with one attached hydrogen (secondary N) is 1. The summed E-state index contributed by atoms with van der Waals surface area (Å²) in [7, 11) is 0. The van der Waals surface area contributed by atoms with Crippen LogP contribution in [0.25, 0.3) is 5.65 Å². The number of aromatic amines is 1. The van der Waals surface area contributed by atoms with Gasteiger partial charge in [0.2, 0.25) is 0 Å². The number of aromatic nitrogens is 3. The van der Waals surface area contributed by atoms with Crippen LogP contribution in [0.2, 0.25) is 0 Å². The maximum Gasteiger partial charge on any atom is 0.357 e. The average Bonchev–Trinajstić information content (AvgIpc) is 2.59. The Hall–Kier alpha value is -2.11. The lowest BCUT2D eigenvalue weighted by Gasteiger charge is -2.00. The molecule has 0 aliphatic heterocycles. The van der Waals surface area contributed by atoms with Gasteiger partial charge in [-0.2, -0.15) is 0 Å². The third-order valence-corrected chi connectivity index (χ3v) is 2.06. The number of nitrogens with zero attached hydrogens (tertiary/aromatic N) is 2. The third kappa shape index (κ3) is 1.69. The van der Waals surface area contributed by atoms with Crippen molar-refractivity contribution in [3.8, 4) is 0 Å². The fraction of sp³-hybridized carbons (Fsp3) is 0.300. The van der Waals surface area contributed by atoms with Crippen molar-refractivity contribution >= 4 is 11.6 Å². The van der Waals surface area contributed by atoms with Crippen LogP contribution in [0.4, 0.5) is 0 Å². The maximum atomic E-state index is 11.6. The molecule has 6 nitrogen and oxygen atoms in total. The second-order valence-electron chi connectivity index (χ2n) is 3.33. The fourth-order valence-electron chi connectivity index (χ4n) is 1.42. The van der Waals surface area contributed by atoms with Crippen LogP contribution >= 0.6 is 0 Å². The Morgan fingerprint density at radius 3 is 3.00 bits per heavy atom. The predicted octanol–water partition coefficient (Wildman–Crippen LogP) is 0.508. The quantitative estimate of drug-likeness (QED) is 0.749. The van der Waals surface area contributed by atoms with Gasteiger partial charge in [0, 0.05) is 17.8 Å². The highest BCUT2D eigenvalue weighted by atomic mass is 16.5. The van der Waals surface area contributed by atoms with Crippen LogP contribution in [0, 0.1) is 6.92 Å². The topological polar surface area (TPSA) is 76.5 Å². The molecule has 2 rings (SSSR count). The minimum Gasteiger partial charge on any atom is -0.461 e. The number of carbonyl (C=O) groups is 1. The Balaban J connectivity index is 2.57. The highest BCUT2D eigenvalue weighted by Gasteiger charge is 2.12. The lowest BCUT2D eigenvalue weighted by molar-refractivity contribution is 0.0519. The minimum absolute atomic E-state index is 0.0332. The summed E-state index contributed by atoms with van der Waals surface area (Å²) >= 11 is 0. The highest BCUT2D eigenvalue weighted by Crippen LogP contribution is 2.02. The van der Waals surface area contributed by atoms with Crippen molar-refractivity contribution in [2.24, 2.45) is 0 Å². The van der Waals surface area contributed by atoms with Crippen molar-refractivity contribution in [3.05, 3.63) is 33.9 Å². The molecule has 0 radical (unpaired) electrons. The molecule has 0 aromatic carbocycles. The molecule has 0 aliphatic carbocycles. The van der Waals surface area contributed by atoms with E-state index in [0.29, 0.717) is 5.65 Å². The van der Waals surface area contributed by atoms with Crippen LogP contribution in [-0.2, 0) is 4.74 Å². The molecule has 0 saturated carbocycles. The van der Waals surface area contributed by atoms with Crippen molar-refractivity contribution in [3.63, 3.8) is 0 Å². The van der Waals surface area contributed by atoms with E-state index in [0.717, 1.165) is 11.8 Å². The lowest BCUT2D eigenvalue weighted by Crippen LogP contribution is -2.18. The fourth-order valence-corrected chi connectivity index (χ4v) is 1.42. The molecule has 0 bridgehead atoms. The van der Waals surface area contributed by atoms with E-state index >= 15 is 0 Å². The first kappa shape index (κ1) is 10.4. The van der Waals surface area contributed by atoms with Gasteiger partial charge in [0.15, 0.2) is 11.3 Å². The van der Waals surface area contributed by atoms with Gasteiger partial charge in [-0.3, -0.25) is 9.89 Å². The Labute approximate surface area is 90.9 Å². The smallest absolute Gasteiger partial charge is 0.357 e. The molecule has 16 heavy (non-hydrogen) atoms. The summed E-state index contributed by atoms with van der Waals surface area (Å²) in [6, 6.07) is 2.84. The van der Waals surface area contributed by atoms with E-state index < -0.39 is 5.97 Å². The molecule has 2 heterocycles. The molecule has 84 valence electrons. The third-order valence-electron chi connectivity index (χ3n) is 2.06. The first-order valence-corrected chi connectivity index (χ1v) is 4.88. The zero-order valence-corrected chi connectivity index (χ0v) is 8.98. The molecule has 6 heteroatoms. The maximum absolute atomic E-state index is 11.6. The number of carbonyl (C=O) groups excluding carboxylic acids is 1. The Morgan fingerprint density at radius 1 is 1.56 bits per heavy atom. The SMILES string of the molecule is CCOC(=O)c1cc(=O)n2[nH]c(C)cc2n1. The minimum atomic E-state index is -0.582. The van der Waals surface area contributed by atoms with Crippen LogP contribution in [0.15, 0.2) is 16.9 Å². The van der Waals surface area contributed by atoms with E-state index in [2.05, 4.69) is 10.1 Å². The van der Waals surface area contributed by atoms with E-state index in [1.807, 2.05) is 0 Å². The summed E-state index contributed by atoms with van der Waals surface area (Å²) in [4.78, 5) is 27.0. The molecular formula is C10H11N3O3. The standard InChI is InChI=1S/C10H11N3O3/c1-3-16-10(15)7-5-9(14)13-8(11-7)4-6(2)12-13/h4-5,12H,3H2,1-2H3. The van der Waals surface area contributed by atoms with Crippen molar-refractivity contribution in [1.29, 1.82) is 0 Å². The lowest BCUT2D eigenvalue weighted by atomic mass is 10.4.